The van der Waals surface area contributed by atoms with E-state index in [1.807, 2.05) is 0 Å². The van der Waals surface area contributed by atoms with Crippen LogP contribution in [0.2, 0.25) is 0 Å². The zero-order valence-electron chi connectivity index (χ0n) is 8.64. The van der Waals surface area contributed by atoms with Crippen molar-refractivity contribution in [2.45, 2.75) is 33.2 Å². The van der Waals surface area contributed by atoms with Gasteiger partial charge < -0.3 is 5.32 Å². The molecule has 0 saturated carbocycles. The minimum absolute atomic E-state index is 0.781. The predicted molar refractivity (Wildman–Crippen MR) is 53.4 cm³/mol. The summed E-state index contributed by atoms with van der Waals surface area (Å²) in [7, 11) is 0. The van der Waals surface area contributed by atoms with Gasteiger partial charge in [-0.1, -0.05) is 20.8 Å². The second-order valence-corrected chi connectivity index (χ2v) is 4.12. The van der Waals surface area contributed by atoms with Crippen molar-refractivity contribution in [3.63, 3.8) is 0 Å². The number of rotatable bonds is 3. The Hall–Kier alpha value is -0.0800. The van der Waals surface area contributed by atoms with Gasteiger partial charge in [0.2, 0.25) is 0 Å². The molecule has 0 aromatic heterocycles. The molecule has 1 aliphatic heterocycles. The highest BCUT2D eigenvalue weighted by atomic mass is 15.2. The first-order valence-electron chi connectivity index (χ1n) is 5.18. The van der Waals surface area contributed by atoms with Gasteiger partial charge >= 0.3 is 0 Å². The third-order valence-corrected chi connectivity index (χ3v) is 2.62. The van der Waals surface area contributed by atoms with Gasteiger partial charge in [-0.05, 0) is 18.9 Å². The first-order chi connectivity index (χ1) is 5.74. The van der Waals surface area contributed by atoms with E-state index in [4.69, 9.17) is 0 Å². The molecule has 1 unspecified atom stereocenters. The van der Waals surface area contributed by atoms with Crippen molar-refractivity contribution in [2.75, 3.05) is 26.2 Å². The molecular weight excluding hydrogens is 148 g/mol. The Labute approximate surface area is 76.3 Å². The van der Waals surface area contributed by atoms with Gasteiger partial charge in [-0.25, -0.2) is 0 Å². The van der Waals surface area contributed by atoms with Crippen LogP contribution in [-0.2, 0) is 0 Å². The van der Waals surface area contributed by atoms with Gasteiger partial charge in [-0.2, -0.15) is 0 Å². The van der Waals surface area contributed by atoms with Crippen LogP contribution in [0.15, 0.2) is 0 Å². The highest BCUT2D eigenvalue weighted by Crippen LogP contribution is 2.12. The standard InChI is InChI=1S/C10H22N2/c1-4-12-6-5-11-8-10(12)7-9(2)3/h9-11H,4-8H2,1-3H3. The maximum Gasteiger partial charge on any atom is 0.0223 e. The van der Waals surface area contributed by atoms with Crippen LogP contribution in [0.4, 0.5) is 0 Å². The van der Waals surface area contributed by atoms with E-state index in [0.29, 0.717) is 0 Å². The molecule has 12 heavy (non-hydrogen) atoms. The molecule has 0 aromatic carbocycles. The second-order valence-electron chi connectivity index (χ2n) is 4.12. The SMILES string of the molecule is CCN1CCNCC1CC(C)C. The molecular formula is C10H22N2. The van der Waals surface area contributed by atoms with Gasteiger partial charge in [0.25, 0.3) is 0 Å². The molecule has 1 heterocycles. The summed E-state index contributed by atoms with van der Waals surface area (Å²) >= 11 is 0. The van der Waals surface area contributed by atoms with Crippen LogP contribution in [-0.4, -0.2) is 37.1 Å². The third-order valence-electron chi connectivity index (χ3n) is 2.62. The van der Waals surface area contributed by atoms with E-state index in [2.05, 4.69) is 31.0 Å². The summed E-state index contributed by atoms with van der Waals surface area (Å²) in [5.74, 6) is 0.823. The monoisotopic (exact) mass is 170 g/mol. The fraction of sp³-hybridized carbons (Fsp3) is 1.00. The number of hydrogen-bond donors (Lipinski definition) is 1. The van der Waals surface area contributed by atoms with Crippen molar-refractivity contribution < 1.29 is 0 Å². The summed E-state index contributed by atoms with van der Waals surface area (Å²) in [6.07, 6.45) is 1.33. The quantitative estimate of drug-likeness (QED) is 0.687. The molecule has 0 bridgehead atoms. The molecule has 0 amide bonds. The highest BCUT2D eigenvalue weighted by Gasteiger charge is 2.20. The second kappa shape index (κ2) is 4.83. The Bertz CT molecular complexity index is 123. The van der Waals surface area contributed by atoms with Gasteiger partial charge in [-0.15, -0.1) is 0 Å². The lowest BCUT2D eigenvalue weighted by Gasteiger charge is -2.36. The Morgan fingerprint density at radius 1 is 1.50 bits per heavy atom. The molecule has 1 N–H and O–H groups in total. The average Bonchev–Trinajstić information content (AvgIpc) is 2.04. The lowest BCUT2D eigenvalue weighted by atomic mass is 10.0. The molecule has 0 spiro atoms. The molecule has 72 valence electrons. The lowest BCUT2D eigenvalue weighted by molar-refractivity contribution is 0.149. The molecule has 2 heteroatoms. The Morgan fingerprint density at radius 3 is 2.83 bits per heavy atom. The first kappa shape index (κ1) is 10.0. The summed E-state index contributed by atoms with van der Waals surface area (Å²) in [5, 5.41) is 3.46. The van der Waals surface area contributed by atoms with E-state index in [1.54, 1.807) is 0 Å². The Balaban J connectivity index is 2.36. The third kappa shape index (κ3) is 2.76. The molecule has 0 aliphatic carbocycles. The van der Waals surface area contributed by atoms with Gasteiger partial charge in [0.15, 0.2) is 0 Å². The normalized spacial score (nSPS) is 26.5. The van der Waals surface area contributed by atoms with Crippen molar-refractivity contribution in [2.24, 2.45) is 5.92 Å². The lowest BCUT2D eigenvalue weighted by Crippen LogP contribution is -2.51. The number of nitrogens with one attached hydrogen (secondary N) is 1. The summed E-state index contributed by atoms with van der Waals surface area (Å²) in [5.41, 5.74) is 0. The van der Waals surface area contributed by atoms with Crippen molar-refractivity contribution in [1.82, 2.24) is 10.2 Å². The van der Waals surface area contributed by atoms with Crippen LogP contribution in [0.1, 0.15) is 27.2 Å². The van der Waals surface area contributed by atoms with Crippen LogP contribution in [0, 0.1) is 5.92 Å². The summed E-state index contributed by atoms with van der Waals surface area (Å²) in [4.78, 5) is 2.59. The molecule has 1 fully saturated rings. The van der Waals surface area contributed by atoms with Gasteiger partial charge in [0.05, 0.1) is 0 Å². The molecule has 1 rings (SSSR count). The Kier molecular flexibility index (Phi) is 4.02. The van der Waals surface area contributed by atoms with E-state index < -0.39 is 0 Å². The van der Waals surface area contributed by atoms with E-state index in [1.165, 1.54) is 32.6 Å². The van der Waals surface area contributed by atoms with E-state index in [-0.39, 0.29) is 0 Å². The molecule has 0 radical (unpaired) electrons. The average molecular weight is 170 g/mol. The minimum Gasteiger partial charge on any atom is -0.314 e. The maximum absolute atomic E-state index is 3.46. The molecule has 1 saturated heterocycles. The fourth-order valence-electron chi connectivity index (χ4n) is 2.00. The molecule has 0 aromatic rings. The van der Waals surface area contributed by atoms with Crippen LogP contribution >= 0.6 is 0 Å². The summed E-state index contributed by atoms with van der Waals surface area (Å²) < 4.78 is 0. The van der Waals surface area contributed by atoms with Crippen LogP contribution in [0.5, 0.6) is 0 Å². The number of piperazine rings is 1. The maximum atomic E-state index is 3.46. The van der Waals surface area contributed by atoms with Crippen molar-refractivity contribution in [1.29, 1.82) is 0 Å². The number of nitrogens with zero attached hydrogens (tertiary/aromatic N) is 1. The van der Waals surface area contributed by atoms with E-state index in [0.717, 1.165) is 12.0 Å². The van der Waals surface area contributed by atoms with Crippen LogP contribution in [0.3, 0.4) is 0 Å². The van der Waals surface area contributed by atoms with E-state index in [9.17, 15) is 0 Å². The predicted octanol–water partition coefficient (Wildman–Crippen LogP) is 1.33. The Morgan fingerprint density at radius 2 is 2.25 bits per heavy atom. The van der Waals surface area contributed by atoms with Gasteiger partial charge in [-0.3, -0.25) is 4.90 Å². The minimum atomic E-state index is 0.781. The van der Waals surface area contributed by atoms with Crippen LogP contribution < -0.4 is 5.32 Å². The van der Waals surface area contributed by atoms with Crippen molar-refractivity contribution in [3.05, 3.63) is 0 Å². The van der Waals surface area contributed by atoms with Crippen molar-refractivity contribution in [3.8, 4) is 0 Å². The molecule has 1 aliphatic rings. The molecule has 1 atom stereocenters. The highest BCUT2D eigenvalue weighted by molar-refractivity contribution is 4.79. The largest absolute Gasteiger partial charge is 0.314 e. The summed E-state index contributed by atoms with van der Waals surface area (Å²) in [6, 6.07) is 0.781. The van der Waals surface area contributed by atoms with Crippen molar-refractivity contribution >= 4 is 0 Å². The zero-order valence-corrected chi connectivity index (χ0v) is 8.64. The zero-order chi connectivity index (χ0) is 8.97. The van der Waals surface area contributed by atoms with E-state index >= 15 is 0 Å². The molecule has 2 nitrogen and oxygen atoms in total. The topological polar surface area (TPSA) is 15.3 Å². The smallest absolute Gasteiger partial charge is 0.0223 e. The summed E-state index contributed by atoms with van der Waals surface area (Å²) in [6.45, 7) is 11.7. The fourth-order valence-corrected chi connectivity index (χ4v) is 2.00. The van der Waals surface area contributed by atoms with Crippen LogP contribution in [0.25, 0.3) is 0 Å². The number of likely N-dealkylation sites (N-methyl/N-ethyl adjacent to an activating group) is 1. The first-order valence-corrected chi connectivity index (χ1v) is 5.18. The van der Waals surface area contributed by atoms with Gasteiger partial charge in [0, 0.05) is 25.7 Å². The van der Waals surface area contributed by atoms with Gasteiger partial charge in [0.1, 0.15) is 0 Å². The number of hydrogen-bond acceptors (Lipinski definition) is 2.